The van der Waals surface area contributed by atoms with Gasteiger partial charge in [0, 0.05) is 29.9 Å². The van der Waals surface area contributed by atoms with Gasteiger partial charge in [0.15, 0.2) is 0 Å². The van der Waals surface area contributed by atoms with E-state index < -0.39 is 0 Å². The van der Waals surface area contributed by atoms with Gasteiger partial charge in [-0.1, -0.05) is 32.9 Å². The van der Waals surface area contributed by atoms with Gasteiger partial charge in [-0.05, 0) is 28.9 Å². The number of thioether (sulfide) groups is 1. The molecule has 0 spiro atoms. The smallest absolute Gasteiger partial charge is 0.0483 e. The standard InChI is InChI=1S/C15H21NS/c1-15(2,3)12-6-7-13-11(10-17-5)9-16(4)14(13)8-12/h6-9H,10H2,1-5H3. The third-order valence-electron chi connectivity index (χ3n) is 3.24. The van der Waals surface area contributed by atoms with E-state index in [-0.39, 0.29) is 5.41 Å². The van der Waals surface area contributed by atoms with Crippen molar-refractivity contribution in [3.05, 3.63) is 35.5 Å². The van der Waals surface area contributed by atoms with Crippen LogP contribution in [-0.2, 0) is 18.2 Å². The molecule has 0 aliphatic rings. The average Bonchev–Trinajstić information content (AvgIpc) is 2.55. The largest absolute Gasteiger partial charge is 0.350 e. The molecule has 2 heteroatoms. The first kappa shape index (κ1) is 12.6. The van der Waals surface area contributed by atoms with E-state index in [2.05, 4.69) is 63.0 Å². The summed E-state index contributed by atoms with van der Waals surface area (Å²) in [6.07, 6.45) is 4.41. The molecule has 2 aromatic rings. The molecule has 0 aliphatic heterocycles. The fraction of sp³-hybridized carbons (Fsp3) is 0.467. The van der Waals surface area contributed by atoms with Crippen molar-refractivity contribution in [2.75, 3.05) is 6.26 Å². The van der Waals surface area contributed by atoms with E-state index in [1.165, 1.54) is 22.0 Å². The summed E-state index contributed by atoms with van der Waals surface area (Å²) in [6.45, 7) is 6.79. The highest BCUT2D eigenvalue weighted by atomic mass is 32.2. The molecule has 1 aromatic carbocycles. The Hall–Kier alpha value is -0.890. The Morgan fingerprint density at radius 2 is 1.94 bits per heavy atom. The molecule has 92 valence electrons. The second kappa shape index (κ2) is 4.41. The molecule has 2 rings (SSSR count). The summed E-state index contributed by atoms with van der Waals surface area (Å²) in [5.41, 5.74) is 4.41. The van der Waals surface area contributed by atoms with Crippen LogP contribution in [-0.4, -0.2) is 10.8 Å². The predicted molar refractivity (Wildman–Crippen MR) is 78.8 cm³/mol. The number of hydrogen-bond acceptors (Lipinski definition) is 1. The van der Waals surface area contributed by atoms with Crippen molar-refractivity contribution < 1.29 is 0 Å². The Balaban J connectivity index is 2.59. The molecule has 0 atom stereocenters. The van der Waals surface area contributed by atoms with Gasteiger partial charge in [0.05, 0.1) is 0 Å². The molecule has 0 fully saturated rings. The van der Waals surface area contributed by atoms with E-state index in [0.29, 0.717) is 0 Å². The van der Waals surface area contributed by atoms with Gasteiger partial charge in [-0.15, -0.1) is 0 Å². The highest BCUT2D eigenvalue weighted by molar-refractivity contribution is 7.97. The topological polar surface area (TPSA) is 4.93 Å². The number of benzene rings is 1. The normalized spacial score (nSPS) is 12.3. The summed E-state index contributed by atoms with van der Waals surface area (Å²) in [4.78, 5) is 0. The van der Waals surface area contributed by atoms with Crippen LogP contribution in [0.25, 0.3) is 10.9 Å². The maximum absolute atomic E-state index is 2.33. The van der Waals surface area contributed by atoms with Crippen molar-refractivity contribution in [3.8, 4) is 0 Å². The van der Waals surface area contributed by atoms with Crippen LogP contribution < -0.4 is 0 Å². The van der Waals surface area contributed by atoms with Gasteiger partial charge < -0.3 is 4.57 Å². The summed E-state index contributed by atoms with van der Waals surface area (Å²) in [5, 5.41) is 1.40. The second-order valence-corrected chi connectivity index (χ2v) is 6.55. The molecule has 1 heterocycles. The maximum atomic E-state index is 2.33. The number of aryl methyl sites for hydroxylation is 1. The van der Waals surface area contributed by atoms with E-state index in [0.717, 1.165) is 5.75 Å². The quantitative estimate of drug-likeness (QED) is 0.764. The Labute approximate surface area is 108 Å². The molecule has 0 radical (unpaired) electrons. The van der Waals surface area contributed by atoms with Crippen LogP contribution in [0.4, 0.5) is 0 Å². The lowest BCUT2D eigenvalue weighted by atomic mass is 9.86. The summed E-state index contributed by atoms with van der Waals surface area (Å²) >= 11 is 1.88. The second-order valence-electron chi connectivity index (χ2n) is 5.68. The van der Waals surface area contributed by atoms with Crippen molar-refractivity contribution in [1.29, 1.82) is 0 Å². The maximum Gasteiger partial charge on any atom is 0.0483 e. The summed E-state index contributed by atoms with van der Waals surface area (Å²) < 4.78 is 2.25. The van der Waals surface area contributed by atoms with Crippen LogP contribution >= 0.6 is 11.8 Å². The van der Waals surface area contributed by atoms with Crippen LogP contribution in [0.2, 0.25) is 0 Å². The predicted octanol–water partition coefficient (Wildman–Crippen LogP) is 4.34. The van der Waals surface area contributed by atoms with Gasteiger partial charge in [0.1, 0.15) is 0 Å². The van der Waals surface area contributed by atoms with Crippen LogP contribution in [0.3, 0.4) is 0 Å². The lowest BCUT2D eigenvalue weighted by Crippen LogP contribution is -2.10. The van der Waals surface area contributed by atoms with E-state index in [9.17, 15) is 0 Å². The molecule has 1 aromatic heterocycles. The minimum atomic E-state index is 0.220. The summed E-state index contributed by atoms with van der Waals surface area (Å²) in [7, 11) is 2.14. The Bertz CT molecular complexity index is 532. The zero-order valence-electron chi connectivity index (χ0n) is 11.4. The van der Waals surface area contributed by atoms with Crippen LogP contribution in [0.5, 0.6) is 0 Å². The molecular weight excluding hydrogens is 226 g/mol. The first-order chi connectivity index (χ1) is 7.93. The molecule has 0 saturated carbocycles. The summed E-state index contributed by atoms with van der Waals surface area (Å²) in [6, 6.07) is 6.88. The molecule has 0 unspecified atom stereocenters. The third kappa shape index (κ3) is 2.37. The highest BCUT2D eigenvalue weighted by Gasteiger charge is 2.15. The van der Waals surface area contributed by atoms with Gasteiger partial charge in [0.25, 0.3) is 0 Å². The SMILES string of the molecule is CSCc1cn(C)c2cc(C(C)(C)C)ccc12. The zero-order valence-corrected chi connectivity index (χ0v) is 12.2. The fourth-order valence-electron chi connectivity index (χ4n) is 2.20. The number of hydrogen-bond donors (Lipinski definition) is 0. The van der Waals surface area contributed by atoms with Crippen LogP contribution in [0.15, 0.2) is 24.4 Å². The minimum absolute atomic E-state index is 0.220. The van der Waals surface area contributed by atoms with Gasteiger partial charge in [-0.25, -0.2) is 0 Å². The Kier molecular flexibility index (Phi) is 3.26. The molecule has 1 nitrogen and oxygen atoms in total. The van der Waals surface area contributed by atoms with Crippen molar-refractivity contribution >= 4 is 22.7 Å². The van der Waals surface area contributed by atoms with E-state index in [4.69, 9.17) is 0 Å². The van der Waals surface area contributed by atoms with Crippen LogP contribution in [0.1, 0.15) is 31.9 Å². The molecule has 17 heavy (non-hydrogen) atoms. The van der Waals surface area contributed by atoms with E-state index >= 15 is 0 Å². The molecule has 0 amide bonds. The molecule has 0 N–H and O–H groups in total. The fourth-order valence-corrected chi connectivity index (χ4v) is 2.75. The van der Waals surface area contributed by atoms with Gasteiger partial charge in [-0.2, -0.15) is 11.8 Å². The zero-order chi connectivity index (χ0) is 12.6. The van der Waals surface area contributed by atoms with Crippen molar-refractivity contribution in [2.24, 2.45) is 7.05 Å². The lowest BCUT2D eigenvalue weighted by molar-refractivity contribution is 0.591. The number of fused-ring (bicyclic) bond motifs is 1. The number of nitrogens with zero attached hydrogens (tertiary/aromatic N) is 1. The molecule has 0 aliphatic carbocycles. The van der Waals surface area contributed by atoms with Crippen LogP contribution in [0, 0.1) is 0 Å². The van der Waals surface area contributed by atoms with E-state index in [1.807, 2.05) is 11.8 Å². The molecule has 0 saturated heterocycles. The summed E-state index contributed by atoms with van der Waals surface area (Å²) in [5.74, 6) is 1.09. The van der Waals surface area contributed by atoms with Gasteiger partial charge in [0.2, 0.25) is 0 Å². The number of aromatic nitrogens is 1. The third-order valence-corrected chi connectivity index (χ3v) is 3.84. The molecule has 0 bridgehead atoms. The first-order valence-electron chi connectivity index (χ1n) is 6.01. The minimum Gasteiger partial charge on any atom is -0.350 e. The van der Waals surface area contributed by atoms with Crippen molar-refractivity contribution in [2.45, 2.75) is 31.9 Å². The Morgan fingerprint density at radius 3 is 2.53 bits per heavy atom. The Morgan fingerprint density at radius 1 is 1.24 bits per heavy atom. The van der Waals surface area contributed by atoms with Gasteiger partial charge in [-0.3, -0.25) is 0 Å². The van der Waals surface area contributed by atoms with Crippen molar-refractivity contribution in [1.82, 2.24) is 4.57 Å². The van der Waals surface area contributed by atoms with Crippen molar-refractivity contribution in [3.63, 3.8) is 0 Å². The van der Waals surface area contributed by atoms with E-state index in [1.54, 1.807) is 0 Å². The first-order valence-corrected chi connectivity index (χ1v) is 7.40. The van der Waals surface area contributed by atoms with Gasteiger partial charge >= 0.3 is 0 Å². The number of rotatable bonds is 2. The average molecular weight is 247 g/mol. The molecular formula is C15H21NS. The highest BCUT2D eigenvalue weighted by Crippen LogP contribution is 2.29. The monoisotopic (exact) mass is 247 g/mol. The lowest BCUT2D eigenvalue weighted by Gasteiger charge is -2.19.